The van der Waals surface area contributed by atoms with Gasteiger partial charge in [0.15, 0.2) is 0 Å². The molecule has 3 aliphatic rings. The maximum Gasteiger partial charge on any atom is 0.109 e. The van der Waals surface area contributed by atoms with Crippen LogP contribution in [0, 0.1) is 11.8 Å². The Hall–Kier alpha value is -0.840. The summed E-state index contributed by atoms with van der Waals surface area (Å²) in [7, 11) is 10.6. The summed E-state index contributed by atoms with van der Waals surface area (Å²) in [5.74, 6) is 0.987. The highest BCUT2D eigenvalue weighted by molar-refractivity contribution is 4.99. The number of ether oxygens (including phenoxy) is 6. The van der Waals surface area contributed by atoms with Crippen molar-refractivity contribution in [1.29, 1.82) is 0 Å². The highest BCUT2D eigenvalue weighted by Gasteiger charge is 2.38. The summed E-state index contributed by atoms with van der Waals surface area (Å²) in [6, 6.07) is 0. The van der Waals surface area contributed by atoms with E-state index in [0.29, 0.717) is 11.8 Å². The van der Waals surface area contributed by atoms with Gasteiger partial charge in [-0.1, -0.05) is 24.3 Å². The fourth-order valence-corrected chi connectivity index (χ4v) is 7.16. The molecule has 1 aliphatic heterocycles. The Bertz CT molecular complexity index is 663. The molecule has 0 radical (unpaired) electrons. The molecule has 41 heavy (non-hydrogen) atoms. The lowest BCUT2D eigenvalue weighted by atomic mass is 9.82. The molecule has 3 fully saturated rings. The van der Waals surface area contributed by atoms with Crippen molar-refractivity contribution in [3.8, 4) is 0 Å². The van der Waals surface area contributed by atoms with Crippen molar-refractivity contribution in [1.82, 2.24) is 9.80 Å². The number of unbranched alkanes of at least 4 members (excludes halogenated alkanes) is 2. The van der Waals surface area contributed by atoms with E-state index in [9.17, 15) is 0 Å². The summed E-state index contributed by atoms with van der Waals surface area (Å²) < 4.78 is 34.1. The standard InChI is InChI=1S/C33H60N2O6/c1-36-28-22-26(23-29(37-2)32(28)40-5)14-9-7-11-16-34-18-13-19-35(21-20-34)17-12-8-10-15-27-24-30(38-3)33(41-6)31(25-27)39-4/h9-10,14-15,26-33H,7-8,11-13,16-25H2,1-6H3/b14-9+,15-10+. The average molecular weight is 581 g/mol. The van der Waals surface area contributed by atoms with Gasteiger partial charge in [-0.25, -0.2) is 0 Å². The van der Waals surface area contributed by atoms with Crippen LogP contribution in [0.4, 0.5) is 0 Å². The van der Waals surface area contributed by atoms with Crippen molar-refractivity contribution in [2.24, 2.45) is 11.8 Å². The molecule has 0 aromatic heterocycles. The highest BCUT2D eigenvalue weighted by Crippen LogP contribution is 2.32. The average Bonchev–Trinajstić information content (AvgIpc) is 3.24. The second kappa shape index (κ2) is 19.4. The number of allylic oxidation sites excluding steroid dienone is 4. The van der Waals surface area contributed by atoms with Crippen LogP contribution in [-0.4, -0.2) is 128 Å². The van der Waals surface area contributed by atoms with Crippen molar-refractivity contribution in [3.63, 3.8) is 0 Å². The Kier molecular flexibility index (Phi) is 16.4. The van der Waals surface area contributed by atoms with Crippen LogP contribution in [0.5, 0.6) is 0 Å². The third kappa shape index (κ3) is 11.0. The second-order valence-corrected chi connectivity index (χ2v) is 12.1. The number of rotatable bonds is 16. The molecular formula is C33H60N2O6. The minimum atomic E-state index is 0.0217. The van der Waals surface area contributed by atoms with Gasteiger partial charge >= 0.3 is 0 Å². The summed E-state index contributed by atoms with van der Waals surface area (Å²) >= 11 is 0. The van der Waals surface area contributed by atoms with Gasteiger partial charge in [-0.2, -0.15) is 0 Å². The zero-order valence-electron chi connectivity index (χ0n) is 26.9. The Labute approximate surface area is 250 Å². The Morgan fingerprint density at radius 3 is 1.20 bits per heavy atom. The lowest BCUT2D eigenvalue weighted by Gasteiger charge is -2.38. The van der Waals surface area contributed by atoms with E-state index in [2.05, 4.69) is 34.1 Å². The normalized spacial score (nSPS) is 34.5. The first-order chi connectivity index (χ1) is 20.1. The summed E-state index contributed by atoms with van der Waals surface area (Å²) in [6.07, 6.45) is 19.9. The minimum absolute atomic E-state index is 0.0217. The van der Waals surface area contributed by atoms with E-state index in [1.165, 1.54) is 58.5 Å². The fourth-order valence-electron chi connectivity index (χ4n) is 7.16. The number of hydrogen-bond donors (Lipinski definition) is 0. The topological polar surface area (TPSA) is 61.9 Å². The molecule has 1 heterocycles. The first kappa shape index (κ1) is 34.6. The van der Waals surface area contributed by atoms with Crippen LogP contribution in [0.3, 0.4) is 0 Å². The molecule has 0 aromatic rings. The quantitative estimate of drug-likeness (QED) is 0.194. The largest absolute Gasteiger partial charge is 0.379 e. The van der Waals surface area contributed by atoms with Gasteiger partial charge in [0.05, 0.1) is 24.4 Å². The van der Waals surface area contributed by atoms with Gasteiger partial charge < -0.3 is 38.2 Å². The monoisotopic (exact) mass is 580 g/mol. The molecular weight excluding hydrogens is 520 g/mol. The lowest BCUT2D eigenvalue weighted by Crippen LogP contribution is -2.47. The predicted molar refractivity (Wildman–Crippen MR) is 164 cm³/mol. The van der Waals surface area contributed by atoms with Gasteiger partial charge in [0.1, 0.15) is 12.2 Å². The van der Waals surface area contributed by atoms with Gasteiger partial charge in [0.2, 0.25) is 0 Å². The molecule has 0 spiro atoms. The van der Waals surface area contributed by atoms with E-state index in [1.807, 2.05) is 0 Å². The van der Waals surface area contributed by atoms with Crippen LogP contribution in [0.2, 0.25) is 0 Å². The molecule has 2 aliphatic carbocycles. The van der Waals surface area contributed by atoms with Crippen molar-refractivity contribution in [2.45, 2.75) is 94.4 Å². The first-order valence-corrected chi connectivity index (χ1v) is 16.0. The maximum absolute atomic E-state index is 5.70. The smallest absolute Gasteiger partial charge is 0.109 e. The zero-order chi connectivity index (χ0) is 29.5. The van der Waals surface area contributed by atoms with E-state index in [1.54, 1.807) is 42.7 Å². The van der Waals surface area contributed by atoms with Gasteiger partial charge in [-0.15, -0.1) is 0 Å². The minimum Gasteiger partial charge on any atom is -0.379 e. The molecule has 0 bridgehead atoms. The number of hydrogen-bond acceptors (Lipinski definition) is 8. The molecule has 238 valence electrons. The van der Waals surface area contributed by atoms with Crippen LogP contribution >= 0.6 is 0 Å². The fraction of sp³-hybridized carbons (Fsp3) is 0.879. The molecule has 3 rings (SSSR count). The van der Waals surface area contributed by atoms with Crippen molar-refractivity contribution in [2.75, 3.05) is 81.9 Å². The summed E-state index contributed by atoms with van der Waals surface area (Å²) in [4.78, 5) is 5.32. The molecule has 0 N–H and O–H groups in total. The Balaban J connectivity index is 1.28. The predicted octanol–water partition coefficient (Wildman–Crippen LogP) is 4.58. The first-order valence-electron chi connectivity index (χ1n) is 16.0. The highest BCUT2D eigenvalue weighted by atomic mass is 16.6. The van der Waals surface area contributed by atoms with Crippen LogP contribution in [0.15, 0.2) is 24.3 Å². The van der Waals surface area contributed by atoms with E-state index in [-0.39, 0.29) is 36.6 Å². The van der Waals surface area contributed by atoms with E-state index in [0.717, 1.165) is 38.5 Å². The van der Waals surface area contributed by atoms with Gasteiger partial charge in [0.25, 0.3) is 0 Å². The third-order valence-electron chi connectivity index (χ3n) is 9.55. The van der Waals surface area contributed by atoms with Crippen molar-refractivity contribution >= 4 is 0 Å². The molecule has 0 aromatic carbocycles. The maximum atomic E-state index is 5.70. The van der Waals surface area contributed by atoms with Crippen LogP contribution in [0.1, 0.15) is 57.8 Å². The molecule has 8 nitrogen and oxygen atoms in total. The van der Waals surface area contributed by atoms with Gasteiger partial charge in [-0.05, 0) is 95.8 Å². The SMILES string of the molecule is COC1CC(/C=C/CCCN2CCCN(CCC/C=C/C3CC(OC)C(OC)C(OC)C3)CC2)CC(OC)C1OC. The molecule has 2 saturated carbocycles. The van der Waals surface area contributed by atoms with Gasteiger partial charge in [0, 0.05) is 55.7 Å². The molecule has 1 saturated heterocycles. The number of methoxy groups -OCH3 is 6. The van der Waals surface area contributed by atoms with Crippen LogP contribution in [0.25, 0.3) is 0 Å². The van der Waals surface area contributed by atoms with Crippen molar-refractivity contribution < 1.29 is 28.4 Å². The van der Waals surface area contributed by atoms with Crippen molar-refractivity contribution in [3.05, 3.63) is 24.3 Å². The molecule has 4 unspecified atom stereocenters. The van der Waals surface area contributed by atoms with E-state index >= 15 is 0 Å². The number of nitrogens with zero attached hydrogens (tertiary/aromatic N) is 2. The second-order valence-electron chi connectivity index (χ2n) is 12.1. The van der Waals surface area contributed by atoms with Crippen LogP contribution in [-0.2, 0) is 28.4 Å². The lowest BCUT2D eigenvalue weighted by molar-refractivity contribution is -0.136. The summed E-state index contributed by atoms with van der Waals surface area (Å²) in [5, 5.41) is 0. The summed E-state index contributed by atoms with van der Waals surface area (Å²) in [6.45, 7) is 7.19. The van der Waals surface area contributed by atoms with E-state index < -0.39 is 0 Å². The Morgan fingerprint density at radius 2 is 0.878 bits per heavy atom. The van der Waals surface area contributed by atoms with E-state index in [4.69, 9.17) is 28.4 Å². The van der Waals surface area contributed by atoms with Gasteiger partial charge in [-0.3, -0.25) is 0 Å². The summed E-state index contributed by atoms with van der Waals surface area (Å²) in [5.41, 5.74) is 0. The molecule has 4 atom stereocenters. The molecule has 0 amide bonds. The Morgan fingerprint density at radius 1 is 0.512 bits per heavy atom. The third-order valence-corrected chi connectivity index (χ3v) is 9.55. The zero-order valence-corrected chi connectivity index (χ0v) is 26.9. The van der Waals surface area contributed by atoms with Crippen LogP contribution < -0.4 is 0 Å². The molecule has 8 heteroatoms.